The summed E-state index contributed by atoms with van der Waals surface area (Å²) in [5.74, 6) is 1.54. The zero-order chi connectivity index (χ0) is 13.0. The molecule has 1 N–H and O–H groups in total. The number of hydrogen-bond acceptors (Lipinski definition) is 4. The van der Waals surface area contributed by atoms with Gasteiger partial charge in [-0.2, -0.15) is 5.26 Å². The Morgan fingerprint density at radius 1 is 1.33 bits per heavy atom. The highest BCUT2D eigenvalue weighted by molar-refractivity contribution is 5.59. The van der Waals surface area contributed by atoms with Crippen molar-refractivity contribution in [2.24, 2.45) is 0 Å². The summed E-state index contributed by atoms with van der Waals surface area (Å²) in [5.41, 5.74) is 1.54. The Balaban J connectivity index is 2.47. The zero-order valence-electron chi connectivity index (χ0n) is 10.5. The zero-order valence-corrected chi connectivity index (χ0v) is 10.5. The highest BCUT2D eigenvalue weighted by Crippen LogP contribution is 2.21. The highest BCUT2D eigenvalue weighted by atomic mass is 15.3. The van der Waals surface area contributed by atoms with E-state index in [2.05, 4.69) is 21.6 Å². The summed E-state index contributed by atoms with van der Waals surface area (Å²) in [4.78, 5) is 0. The van der Waals surface area contributed by atoms with E-state index in [1.807, 2.05) is 36.6 Å². The van der Waals surface area contributed by atoms with E-state index in [1.165, 1.54) is 0 Å². The fraction of sp³-hybridized carbons (Fsp3) is 0.308. The number of hydrogen-bond donors (Lipinski definition) is 1. The Morgan fingerprint density at radius 3 is 2.83 bits per heavy atom. The van der Waals surface area contributed by atoms with E-state index in [-0.39, 0.29) is 0 Å². The number of anilines is 1. The normalized spacial score (nSPS) is 10.1. The third-order valence-corrected chi connectivity index (χ3v) is 2.65. The molecule has 1 heterocycles. The molecule has 0 saturated carbocycles. The highest BCUT2D eigenvalue weighted by Gasteiger charge is 2.11. The van der Waals surface area contributed by atoms with Gasteiger partial charge in [0.2, 0.25) is 5.95 Å². The molecule has 0 spiro atoms. The van der Waals surface area contributed by atoms with Crippen molar-refractivity contribution in [3.63, 3.8) is 0 Å². The maximum atomic E-state index is 8.92. The van der Waals surface area contributed by atoms with Crippen LogP contribution in [0.5, 0.6) is 0 Å². The first-order valence-electron chi connectivity index (χ1n) is 5.97. The van der Waals surface area contributed by atoms with Crippen LogP contribution in [0.25, 0.3) is 11.4 Å². The fourth-order valence-corrected chi connectivity index (χ4v) is 1.83. The third kappa shape index (κ3) is 2.18. The fourth-order valence-electron chi connectivity index (χ4n) is 1.83. The standard InChI is InChI=1S/C13H15N5/c1-3-15-13-17-16-12(18(13)4-2)11-7-5-6-10(8-11)9-14/h5-8H,3-4H2,1-2H3,(H,15,17). The van der Waals surface area contributed by atoms with Gasteiger partial charge in [-0.15, -0.1) is 10.2 Å². The minimum Gasteiger partial charge on any atom is -0.355 e. The molecule has 5 nitrogen and oxygen atoms in total. The molecule has 1 aromatic heterocycles. The van der Waals surface area contributed by atoms with Gasteiger partial charge >= 0.3 is 0 Å². The SMILES string of the molecule is CCNc1nnc(-c2cccc(C#N)c2)n1CC. The molecule has 5 heteroatoms. The molecule has 0 aliphatic heterocycles. The van der Waals surface area contributed by atoms with Crippen molar-refractivity contribution < 1.29 is 0 Å². The number of nitrogens with one attached hydrogen (secondary N) is 1. The molecule has 2 aromatic rings. The third-order valence-electron chi connectivity index (χ3n) is 2.65. The van der Waals surface area contributed by atoms with Gasteiger partial charge in [-0.3, -0.25) is 4.57 Å². The minimum atomic E-state index is 0.628. The Kier molecular flexibility index (Phi) is 3.58. The van der Waals surface area contributed by atoms with Gasteiger partial charge in [0.1, 0.15) is 0 Å². The number of nitriles is 1. The van der Waals surface area contributed by atoms with Crippen LogP contribution in [0.4, 0.5) is 5.95 Å². The number of rotatable bonds is 4. The topological polar surface area (TPSA) is 66.5 Å². The number of aromatic nitrogens is 3. The van der Waals surface area contributed by atoms with Gasteiger partial charge in [-0.1, -0.05) is 12.1 Å². The largest absolute Gasteiger partial charge is 0.355 e. The molecular weight excluding hydrogens is 226 g/mol. The Morgan fingerprint density at radius 2 is 2.17 bits per heavy atom. The Hall–Kier alpha value is -2.35. The van der Waals surface area contributed by atoms with Crippen LogP contribution < -0.4 is 5.32 Å². The van der Waals surface area contributed by atoms with Crippen molar-refractivity contribution in [3.8, 4) is 17.5 Å². The molecule has 0 aliphatic carbocycles. The lowest BCUT2D eigenvalue weighted by atomic mass is 10.1. The summed E-state index contributed by atoms with van der Waals surface area (Å²) in [5, 5.41) is 20.4. The van der Waals surface area contributed by atoms with Crippen molar-refractivity contribution in [1.82, 2.24) is 14.8 Å². The van der Waals surface area contributed by atoms with Crippen molar-refractivity contribution in [2.75, 3.05) is 11.9 Å². The van der Waals surface area contributed by atoms with Gasteiger partial charge in [0.25, 0.3) is 0 Å². The van der Waals surface area contributed by atoms with Gasteiger partial charge in [0, 0.05) is 18.7 Å². The molecule has 0 fully saturated rings. The Labute approximate surface area is 106 Å². The van der Waals surface area contributed by atoms with Gasteiger partial charge in [0.05, 0.1) is 11.6 Å². The van der Waals surface area contributed by atoms with Crippen molar-refractivity contribution in [3.05, 3.63) is 29.8 Å². The average Bonchev–Trinajstić information content (AvgIpc) is 2.82. The van der Waals surface area contributed by atoms with E-state index in [0.717, 1.165) is 30.4 Å². The van der Waals surface area contributed by atoms with Gasteiger partial charge < -0.3 is 5.32 Å². The predicted molar refractivity (Wildman–Crippen MR) is 70.0 cm³/mol. The van der Waals surface area contributed by atoms with E-state index < -0.39 is 0 Å². The van der Waals surface area contributed by atoms with Crippen LogP contribution in [0, 0.1) is 11.3 Å². The summed E-state index contributed by atoms with van der Waals surface area (Å²) in [6, 6.07) is 9.53. The lowest BCUT2D eigenvalue weighted by Crippen LogP contribution is -2.06. The smallest absolute Gasteiger partial charge is 0.224 e. The predicted octanol–water partition coefficient (Wildman–Crippen LogP) is 2.27. The summed E-state index contributed by atoms with van der Waals surface area (Å²) >= 11 is 0. The maximum absolute atomic E-state index is 8.92. The number of nitrogens with zero attached hydrogens (tertiary/aromatic N) is 4. The summed E-state index contributed by atoms with van der Waals surface area (Å²) in [7, 11) is 0. The first-order chi connectivity index (χ1) is 8.80. The van der Waals surface area contributed by atoms with Crippen LogP contribution in [-0.4, -0.2) is 21.3 Å². The molecular formula is C13H15N5. The number of benzene rings is 1. The summed E-state index contributed by atoms with van der Waals surface area (Å²) in [6.07, 6.45) is 0. The van der Waals surface area contributed by atoms with Crippen LogP contribution in [-0.2, 0) is 6.54 Å². The van der Waals surface area contributed by atoms with Crippen LogP contribution in [0.15, 0.2) is 24.3 Å². The van der Waals surface area contributed by atoms with E-state index in [4.69, 9.17) is 5.26 Å². The molecule has 1 aromatic carbocycles. The molecule has 0 atom stereocenters. The monoisotopic (exact) mass is 241 g/mol. The second kappa shape index (κ2) is 5.32. The molecule has 0 saturated heterocycles. The van der Waals surface area contributed by atoms with E-state index in [0.29, 0.717) is 5.56 Å². The first-order valence-corrected chi connectivity index (χ1v) is 5.97. The summed E-state index contributed by atoms with van der Waals surface area (Å²) < 4.78 is 2.00. The second-order valence-corrected chi connectivity index (χ2v) is 3.81. The van der Waals surface area contributed by atoms with Crippen LogP contribution in [0.3, 0.4) is 0 Å². The van der Waals surface area contributed by atoms with Crippen LogP contribution in [0.1, 0.15) is 19.4 Å². The van der Waals surface area contributed by atoms with Crippen molar-refractivity contribution in [1.29, 1.82) is 5.26 Å². The van der Waals surface area contributed by atoms with Crippen molar-refractivity contribution in [2.45, 2.75) is 20.4 Å². The van der Waals surface area contributed by atoms with Gasteiger partial charge in [-0.25, -0.2) is 0 Å². The van der Waals surface area contributed by atoms with Crippen LogP contribution in [0.2, 0.25) is 0 Å². The van der Waals surface area contributed by atoms with Gasteiger partial charge in [-0.05, 0) is 26.0 Å². The molecule has 18 heavy (non-hydrogen) atoms. The molecule has 92 valence electrons. The molecule has 0 amide bonds. The molecule has 0 bridgehead atoms. The van der Waals surface area contributed by atoms with Crippen LogP contribution >= 0.6 is 0 Å². The van der Waals surface area contributed by atoms with E-state index in [1.54, 1.807) is 6.07 Å². The van der Waals surface area contributed by atoms with E-state index >= 15 is 0 Å². The molecule has 2 rings (SSSR count). The lowest BCUT2D eigenvalue weighted by molar-refractivity contribution is 0.770. The van der Waals surface area contributed by atoms with E-state index in [9.17, 15) is 0 Å². The Bertz CT molecular complexity index is 579. The first kappa shape index (κ1) is 12.1. The average molecular weight is 241 g/mol. The molecule has 0 aliphatic rings. The lowest BCUT2D eigenvalue weighted by Gasteiger charge is -2.07. The molecule has 0 unspecified atom stereocenters. The van der Waals surface area contributed by atoms with Crippen molar-refractivity contribution >= 4 is 5.95 Å². The maximum Gasteiger partial charge on any atom is 0.224 e. The van der Waals surface area contributed by atoms with Gasteiger partial charge in [0.15, 0.2) is 5.82 Å². The minimum absolute atomic E-state index is 0.628. The summed E-state index contributed by atoms with van der Waals surface area (Å²) in [6.45, 7) is 5.64. The quantitative estimate of drug-likeness (QED) is 0.891. The second-order valence-electron chi connectivity index (χ2n) is 3.81. The molecule has 0 radical (unpaired) electrons.